The Labute approximate surface area is 183 Å². The maximum Gasteiger partial charge on any atom is 0.183 e. The summed E-state index contributed by atoms with van der Waals surface area (Å²) in [5.41, 5.74) is 5.41. The second-order valence-corrected chi connectivity index (χ2v) is 7.90. The molecule has 5 aromatic rings. The van der Waals surface area contributed by atoms with Gasteiger partial charge in [0.05, 0.1) is 22.1 Å². The molecule has 2 N–H and O–H groups in total. The van der Waals surface area contributed by atoms with Crippen molar-refractivity contribution in [3.8, 4) is 5.75 Å². The Morgan fingerprint density at radius 1 is 0.871 bits per heavy atom. The first-order chi connectivity index (χ1) is 15.3. The van der Waals surface area contributed by atoms with Crippen LogP contribution in [-0.4, -0.2) is 22.1 Å². The fourth-order valence-corrected chi connectivity index (χ4v) is 4.21. The van der Waals surface area contributed by atoms with Crippen LogP contribution >= 0.6 is 11.3 Å². The van der Waals surface area contributed by atoms with Gasteiger partial charge in [0.15, 0.2) is 10.8 Å². The van der Waals surface area contributed by atoms with Gasteiger partial charge in [0.2, 0.25) is 0 Å². The number of aliphatic imine (C=N–C) groups is 1. The van der Waals surface area contributed by atoms with Crippen molar-refractivity contribution in [2.24, 2.45) is 10.1 Å². The lowest BCUT2D eigenvalue weighted by Gasteiger charge is -2.06. The van der Waals surface area contributed by atoms with Gasteiger partial charge in [-0.3, -0.25) is 5.43 Å². The third kappa shape index (κ3) is 4.01. The van der Waals surface area contributed by atoms with E-state index < -0.39 is 0 Å². The zero-order chi connectivity index (χ0) is 21.0. The number of nitrogens with zero attached hydrogens (tertiary/aromatic N) is 3. The van der Waals surface area contributed by atoms with E-state index in [1.54, 1.807) is 23.6 Å². The second kappa shape index (κ2) is 8.38. The normalized spacial score (nSPS) is 12.1. The second-order valence-electron chi connectivity index (χ2n) is 6.87. The van der Waals surface area contributed by atoms with E-state index in [1.807, 2.05) is 84.9 Å². The summed E-state index contributed by atoms with van der Waals surface area (Å²) in [6, 6.07) is 29.1. The van der Waals surface area contributed by atoms with Crippen LogP contribution in [0.3, 0.4) is 0 Å². The molecule has 0 fully saturated rings. The molecule has 0 amide bonds. The van der Waals surface area contributed by atoms with E-state index >= 15 is 0 Å². The maximum atomic E-state index is 10.4. The summed E-state index contributed by atoms with van der Waals surface area (Å²) in [6.45, 7) is 0. The number of nitrogens with one attached hydrogen (secondary N) is 1. The summed E-state index contributed by atoms with van der Waals surface area (Å²) in [5, 5.41) is 17.5. The molecule has 0 saturated carbocycles. The minimum atomic E-state index is 0.172. The Hall–Kier alpha value is -4.03. The fourth-order valence-electron chi connectivity index (χ4n) is 3.30. The number of rotatable bonds is 4. The largest absolute Gasteiger partial charge is 0.507 e. The lowest BCUT2D eigenvalue weighted by atomic mass is 10.0. The van der Waals surface area contributed by atoms with Crippen molar-refractivity contribution < 1.29 is 5.11 Å². The first-order valence-electron chi connectivity index (χ1n) is 9.77. The summed E-state index contributed by atoms with van der Waals surface area (Å²) in [5.74, 6) is 0.717. The molecule has 0 unspecified atom stereocenters. The number of aromatic hydroxyl groups is 1. The zero-order valence-electron chi connectivity index (χ0n) is 16.4. The number of hydrazone groups is 1. The van der Waals surface area contributed by atoms with E-state index in [9.17, 15) is 5.11 Å². The van der Waals surface area contributed by atoms with Crippen molar-refractivity contribution in [2.75, 3.05) is 0 Å². The molecule has 6 heteroatoms. The average molecular weight is 423 g/mol. The SMILES string of the molecule is Oc1ccc2ccccc2c1/C=N/NC(=Nc1ccccc1)c1nc2ccccc2s1. The van der Waals surface area contributed by atoms with E-state index in [4.69, 9.17) is 9.98 Å². The summed E-state index contributed by atoms with van der Waals surface area (Å²) in [7, 11) is 0. The van der Waals surface area contributed by atoms with Crippen LogP contribution in [0.1, 0.15) is 10.6 Å². The Balaban J connectivity index is 1.52. The maximum absolute atomic E-state index is 10.4. The number of benzene rings is 4. The third-order valence-corrected chi connectivity index (χ3v) is 5.85. The van der Waals surface area contributed by atoms with Crippen molar-refractivity contribution in [1.29, 1.82) is 0 Å². The molecule has 0 bridgehead atoms. The monoisotopic (exact) mass is 422 g/mol. The molecule has 1 heterocycles. The molecule has 0 aliphatic rings. The van der Waals surface area contributed by atoms with Crippen LogP contribution in [0.25, 0.3) is 21.0 Å². The van der Waals surface area contributed by atoms with Crippen molar-refractivity contribution in [2.45, 2.75) is 0 Å². The molecule has 0 saturated heterocycles. The molecule has 31 heavy (non-hydrogen) atoms. The molecule has 0 atom stereocenters. The number of para-hydroxylation sites is 2. The van der Waals surface area contributed by atoms with Gasteiger partial charge >= 0.3 is 0 Å². The molecule has 1 aromatic heterocycles. The number of thiazole rings is 1. The van der Waals surface area contributed by atoms with Gasteiger partial charge in [0.1, 0.15) is 5.75 Å². The standard InChI is InChI=1S/C25H18N4OS/c30-22-15-14-17-8-4-5-11-19(17)20(22)16-26-29-24(27-18-9-2-1-3-10-18)25-28-21-12-6-7-13-23(21)31-25/h1-16,30H,(H,27,29)/b26-16+. The Morgan fingerprint density at radius 3 is 2.52 bits per heavy atom. The highest BCUT2D eigenvalue weighted by atomic mass is 32.1. The molecular weight excluding hydrogens is 404 g/mol. The van der Waals surface area contributed by atoms with E-state index in [0.29, 0.717) is 11.4 Å². The quantitative estimate of drug-likeness (QED) is 0.217. The van der Waals surface area contributed by atoms with Crippen LogP contribution < -0.4 is 5.43 Å². The van der Waals surface area contributed by atoms with Gasteiger partial charge in [-0.15, -0.1) is 11.3 Å². The molecule has 0 radical (unpaired) electrons. The third-order valence-electron chi connectivity index (χ3n) is 4.81. The highest BCUT2D eigenvalue weighted by Gasteiger charge is 2.11. The Bertz CT molecular complexity index is 1390. The van der Waals surface area contributed by atoms with Crippen molar-refractivity contribution in [1.82, 2.24) is 10.4 Å². The van der Waals surface area contributed by atoms with Gasteiger partial charge in [-0.1, -0.05) is 60.7 Å². The lowest BCUT2D eigenvalue weighted by molar-refractivity contribution is 0.475. The van der Waals surface area contributed by atoms with Crippen molar-refractivity contribution in [3.05, 3.63) is 102 Å². The van der Waals surface area contributed by atoms with Gasteiger partial charge in [-0.2, -0.15) is 5.10 Å². The number of fused-ring (bicyclic) bond motifs is 2. The van der Waals surface area contributed by atoms with Crippen LogP contribution in [0.5, 0.6) is 5.75 Å². The van der Waals surface area contributed by atoms with Crippen LogP contribution in [-0.2, 0) is 0 Å². The van der Waals surface area contributed by atoms with E-state index in [1.165, 1.54) is 0 Å². The van der Waals surface area contributed by atoms with Gasteiger partial charge in [-0.25, -0.2) is 9.98 Å². The molecular formula is C25H18N4OS. The summed E-state index contributed by atoms with van der Waals surface area (Å²) in [6.07, 6.45) is 1.62. The highest BCUT2D eigenvalue weighted by molar-refractivity contribution is 7.20. The molecule has 4 aromatic carbocycles. The zero-order valence-corrected chi connectivity index (χ0v) is 17.3. The number of amidine groups is 1. The van der Waals surface area contributed by atoms with E-state index in [-0.39, 0.29) is 5.75 Å². The molecule has 0 spiro atoms. The predicted octanol–water partition coefficient (Wildman–Crippen LogP) is 5.86. The highest BCUT2D eigenvalue weighted by Crippen LogP contribution is 2.26. The molecule has 5 nitrogen and oxygen atoms in total. The van der Waals surface area contributed by atoms with Gasteiger partial charge in [-0.05, 0) is 41.1 Å². The summed E-state index contributed by atoms with van der Waals surface area (Å²) < 4.78 is 1.08. The Morgan fingerprint density at radius 2 is 1.65 bits per heavy atom. The number of phenols is 1. The number of aromatic nitrogens is 1. The van der Waals surface area contributed by atoms with Gasteiger partial charge in [0, 0.05) is 5.56 Å². The fraction of sp³-hybridized carbons (Fsp3) is 0. The van der Waals surface area contributed by atoms with Crippen LogP contribution in [0.4, 0.5) is 5.69 Å². The molecule has 0 aliphatic carbocycles. The summed E-state index contributed by atoms with van der Waals surface area (Å²) in [4.78, 5) is 9.42. The number of hydrogen-bond donors (Lipinski definition) is 2. The lowest BCUT2D eigenvalue weighted by Crippen LogP contribution is -2.18. The smallest absolute Gasteiger partial charge is 0.183 e. The summed E-state index contributed by atoms with van der Waals surface area (Å²) >= 11 is 1.55. The molecule has 150 valence electrons. The minimum Gasteiger partial charge on any atom is -0.507 e. The number of hydrogen-bond acceptors (Lipinski definition) is 5. The first-order valence-corrected chi connectivity index (χ1v) is 10.6. The van der Waals surface area contributed by atoms with Gasteiger partial charge < -0.3 is 5.11 Å². The van der Waals surface area contributed by atoms with Gasteiger partial charge in [0.25, 0.3) is 0 Å². The van der Waals surface area contributed by atoms with Crippen LogP contribution in [0, 0.1) is 0 Å². The predicted molar refractivity (Wildman–Crippen MR) is 129 cm³/mol. The minimum absolute atomic E-state index is 0.172. The number of phenolic OH excluding ortho intramolecular Hbond substituents is 1. The Kier molecular flexibility index (Phi) is 5.12. The van der Waals surface area contributed by atoms with E-state index in [0.717, 1.165) is 31.7 Å². The van der Waals surface area contributed by atoms with Crippen molar-refractivity contribution >= 4 is 50.1 Å². The van der Waals surface area contributed by atoms with E-state index in [2.05, 4.69) is 10.5 Å². The van der Waals surface area contributed by atoms with Crippen molar-refractivity contribution in [3.63, 3.8) is 0 Å². The molecule has 0 aliphatic heterocycles. The van der Waals surface area contributed by atoms with Crippen LogP contribution in [0.2, 0.25) is 0 Å². The first kappa shape index (κ1) is 19.0. The van der Waals surface area contributed by atoms with Crippen LogP contribution in [0.15, 0.2) is 101 Å². The average Bonchev–Trinajstić information content (AvgIpc) is 3.25. The topological polar surface area (TPSA) is 69.9 Å². The molecule has 5 rings (SSSR count).